The zero-order chi connectivity index (χ0) is 23.8. The van der Waals surface area contributed by atoms with Crippen molar-refractivity contribution in [3.63, 3.8) is 0 Å². The van der Waals surface area contributed by atoms with Crippen molar-refractivity contribution >= 4 is 0 Å². The van der Waals surface area contributed by atoms with Crippen molar-refractivity contribution in [1.82, 2.24) is 0 Å². The Kier molecular flexibility index (Phi) is 5.98. The summed E-state index contributed by atoms with van der Waals surface area (Å²) in [5.74, 6) is -11.7. The van der Waals surface area contributed by atoms with Gasteiger partial charge in [0.2, 0.25) is 5.75 Å². The minimum atomic E-state index is -5.48. The summed E-state index contributed by atoms with van der Waals surface area (Å²) in [6.07, 6.45) is -10.3. The topological polar surface area (TPSA) is 18.5 Å². The number of hydrogen-bond acceptors (Lipinski definition) is 2. The van der Waals surface area contributed by atoms with Gasteiger partial charge in [-0.25, -0.2) is 22.0 Å². The molecule has 0 aliphatic rings. The number of alkyl halides is 5. The first kappa shape index (κ1) is 23.2. The van der Waals surface area contributed by atoms with Gasteiger partial charge in [-0.1, -0.05) is 12.1 Å². The van der Waals surface area contributed by atoms with E-state index in [0.29, 0.717) is 12.1 Å². The van der Waals surface area contributed by atoms with E-state index in [9.17, 15) is 43.9 Å². The van der Waals surface area contributed by atoms with Gasteiger partial charge in [-0.15, -0.1) is 13.2 Å². The molecule has 170 valence electrons. The Morgan fingerprint density at radius 1 is 0.562 bits per heavy atom. The van der Waals surface area contributed by atoms with E-state index >= 15 is 0 Å². The van der Waals surface area contributed by atoms with Crippen LogP contribution in [0, 0.1) is 29.1 Å². The van der Waals surface area contributed by atoms with E-state index < -0.39 is 58.6 Å². The summed E-state index contributed by atoms with van der Waals surface area (Å²) in [4.78, 5) is 0. The quantitative estimate of drug-likeness (QED) is 0.371. The molecule has 0 spiro atoms. The predicted molar refractivity (Wildman–Crippen MR) is 89.3 cm³/mol. The average molecular weight is 470 g/mol. The summed E-state index contributed by atoms with van der Waals surface area (Å²) in [5.41, 5.74) is -2.07. The fourth-order valence-electron chi connectivity index (χ4n) is 2.67. The smallest absolute Gasteiger partial charge is 0.429 e. The van der Waals surface area contributed by atoms with Crippen molar-refractivity contribution in [2.24, 2.45) is 0 Å². The van der Waals surface area contributed by atoms with Crippen LogP contribution >= 0.6 is 0 Å². The SMILES string of the molecule is Fc1ccc(-c2cc(F)c(C(F)(F)Oc3cc(F)c(OC(F)(F)F)c(F)c3)c(F)c2)cc1. The van der Waals surface area contributed by atoms with Gasteiger partial charge in [0.05, 0.1) is 0 Å². The highest BCUT2D eigenvalue weighted by molar-refractivity contribution is 5.64. The van der Waals surface area contributed by atoms with E-state index in [0.717, 1.165) is 24.3 Å². The lowest BCUT2D eigenvalue weighted by molar-refractivity contribution is -0.276. The summed E-state index contributed by atoms with van der Waals surface area (Å²) in [6, 6.07) is 5.01. The molecule has 0 aliphatic heterocycles. The second-order valence-electron chi connectivity index (χ2n) is 6.20. The van der Waals surface area contributed by atoms with Crippen LogP contribution in [0.15, 0.2) is 48.5 Å². The van der Waals surface area contributed by atoms with E-state index in [-0.39, 0.29) is 23.3 Å². The van der Waals surface area contributed by atoms with Gasteiger partial charge in [0.1, 0.15) is 28.8 Å². The van der Waals surface area contributed by atoms with Crippen LogP contribution in [0.25, 0.3) is 11.1 Å². The van der Waals surface area contributed by atoms with Crippen LogP contribution in [0.1, 0.15) is 5.56 Å². The molecule has 0 atom stereocenters. The van der Waals surface area contributed by atoms with E-state index in [1.165, 1.54) is 0 Å². The third-order valence-corrected chi connectivity index (χ3v) is 3.95. The fraction of sp³-hybridized carbons (Fsp3) is 0.100. The fourth-order valence-corrected chi connectivity index (χ4v) is 2.67. The normalized spacial score (nSPS) is 12.1. The molecule has 0 radical (unpaired) electrons. The van der Waals surface area contributed by atoms with Crippen LogP contribution in [0.3, 0.4) is 0 Å². The molecule has 0 bridgehead atoms. The highest BCUT2D eigenvalue weighted by Crippen LogP contribution is 2.39. The van der Waals surface area contributed by atoms with Crippen molar-refractivity contribution < 1.29 is 53.4 Å². The number of hydrogen-bond donors (Lipinski definition) is 0. The Labute approximate surface area is 172 Å². The first-order valence-corrected chi connectivity index (χ1v) is 8.34. The summed E-state index contributed by atoms with van der Waals surface area (Å²) in [6.45, 7) is 0. The van der Waals surface area contributed by atoms with E-state index in [2.05, 4.69) is 9.47 Å². The van der Waals surface area contributed by atoms with Gasteiger partial charge >= 0.3 is 12.5 Å². The number of benzene rings is 3. The van der Waals surface area contributed by atoms with Crippen molar-refractivity contribution in [3.8, 4) is 22.6 Å². The number of ether oxygens (including phenoxy) is 2. The Bertz CT molecular complexity index is 1090. The molecule has 0 aliphatic carbocycles. The molecule has 0 amide bonds. The first-order valence-electron chi connectivity index (χ1n) is 8.34. The molecule has 0 aromatic heterocycles. The van der Waals surface area contributed by atoms with Crippen molar-refractivity contribution in [2.45, 2.75) is 12.5 Å². The Hall–Kier alpha value is -3.44. The molecular weight excluding hydrogens is 462 g/mol. The minimum absolute atomic E-state index is 0.0826. The Morgan fingerprint density at radius 3 is 1.53 bits per heavy atom. The standard InChI is InChI=1S/C20H8F10O2/c21-11-3-1-9(2-4-11)10-5-13(22)17(14(23)6-10)19(26,27)31-12-7-15(24)18(16(25)8-12)32-20(28,29)30/h1-8H. The average Bonchev–Trinajstić information content (AvgIpc) is 2.63. The van der Waals surface area contributed by atoms with Crippen LogP contribution in [0.2, 0.25) is 0 Å². The third kappa shape index (κ3) is 5.06. The molecule has 0 N–H and O–H groups in total. The van der Waals surface area contributed by atoms with Crippen molar-refractivity contribution in [1.29, 1.82) is 0 Å². The molecule has 3 rings (SSSR count). The van der Waals surface area contributed by atoms with E-state index in [4.69, 9.17) is 0 Å². The summed E-state index contributed by atoms with van der Waals surface area (Å²) >= 11 is 0. The maximum Gasteiger partial charge on any atom is 0.573 e. The summed E-state index contributed by atoms with van der Waals surface area (Å²) in [7, 11) is 0. The van der Waals surface area contributed by atoms with Gasteiger partial charge in [0, 0.05) is 12.1 Å². The zero-order valence-corrected chi connectivity index (χ0v) is 15.2. The van der Waals surface area contributed by atoms with Crippen molar-refractivity contribution in [2.75, 3.05) is 0 Å². The maximum atomic E-state index is 14.4. The lowest BCUT2D eigenvalue weighted by Gasteiger charge is -2.20. The highest BCUT2D eigenvalue weighted by Gasteiger charge is 2.42. The second kappa shape index (κ2) is 8.24. The van der Waals surface area contributed by atoms with Crippen LogP contribution in [-0.2, 0) is 6.11 Å². The van der Waals surface area contributed by atoms with Gasteiger partial charge in [0.15, 0.2) is 11.6 Å². The van der Waals surface area contributed by atoms with Crippen LogP contribution in [0.4, 0.5) is 43.9 Å². The van der Waals surface area contributed by atoms with Crippen LogP contribution in [0.5, 0.6) is 11.5 Å². The molecule has 0 saturated carbocycles. The Balaban J connectivity index is 1.94. The lowest BCUT2D eigenvalue weighted by Crippen LogP contribution is -2.25. The third-order valence-electron chi connectivity index (χ3n) is 3.95. The lowest BCUT2D eigenvalue weighted by atomic mass is 10.0. The first-order chi connectivity index (χ1) is 14.8. The molecule has 12 heteroatoms. The van der Waals surface area contributed by atoms with Gasteiger partial charge in [-0.05, 0) is 35.4 Å². The molecule has 0 unspecified atom stereocenters. The number of halogens is 10. The van der Waals surface area contributed by atoms with Crippen LogP contribution in [-0.4, -0.2) is 6.36 Å². The summed E-state index contributed by atoms with van der Waals surface area (Å²) < 4.78 is 141. The largest absolute Gasteiger partial charge is 0.573 e. The number of rotatable bonds is 5. The molecule has 0 heterocycles. The Morgan fingerprint density at radius 2 is 1.06 bits per heavy atom. The molecule has 3 aromatic rings. The maximum absolute atomic E-state index is 14.4. The second-order valence-corrected chi connectivity index (χ2v) is 6.20. The molecule has 0 saturated heterocycles. The zero-order valence-electron chi connectivity index (χ0n) is 15.2. The summed E-state index contributed by atoms with van der Waals surface area (Å²) in [5, 5.41) is 0. The van der Waals surface area contributed by atoms with Gasteiger partial charge in [-0.3, -0.25) is 0 Å². The van der Waals surface area contributed by atoms with Crippen molar-refractivity contribution in [3.05, 3.63) is 83.2 Å². The van der Waals surface area contributed by atoms with Gasteiger partial charge in [0.25, 0.3) is 0 Å². The predicted octanol–water partition coefficient (Wildman–Crippen LogP) is 7.08. The van der Waals surface area contributed by atoms with Gasteiger partial charge < -0.3 is 9.47 Å². The minimum Gasteiger partial charge on any atom is -0.429 e. The van der Waals surface area contributed by atoms with E-state index in [1.54, 1.807) is 0 Å². The monoisotopic (exact) mass is 470 g/mol. The molecule has 0 fully saturated rings. The highest BCUT2D eigenvalue weighted by atomic mass is 19.4. The molecule has 2 nitrogen and oxygen atoms in total. The molecular formula is C20H8F10O2. The molecule has 32 heavy (non-hydrogen) atoms. The van der Waals surface area contributed by atoms with Gasteiger partial charge in [-0.2, -0.15) is 8.78 Å². The van der Waals surface area contributed by atoms with E-state index in [1.807, 2.05) is 0 Å². The molecule has 3 aromatic carbocycles. The van der Waals surface area contributed by atoms with Crippen LogP contribution < -0.4 is 9.47 Å².